The lowest BCUT2D eigenvalue weighted by Gasteiger charge is -2.24. The van der Waals surface area contributed by atoms with Gasteiger partial charge in [0, 0.05) is 0 Å². The van der Waals surface area contributed by atoms with Gasteiger partial charge in [0.15, 0.2) is 5.78 Å². The van der Waals surface area contributed by atoms with Crippen LogP contribution in [0.25, 0.3) is 21.5 Å². The molecule has 0 saturated carbocycles. The lowest BCUT2D eigenvalue weighted by atomic mass is 9.79. The Kier molecular flexibility index (Phi) is 3.02. The summed E-state index contributed by atoms with van der Waals surface area (Å²) in [6.07, 6.45) is 8.28. The number of hydrogen-bond acceptors (Lipinski definition) is 2. The zero-order valence-corrected chi connectivity index (χ0v) is 15.9. The number of carbonyl (C=O) groups excluding carboxylic acids is 2. The summed E-state index contributed by atoms with van der Waals surface area (Å²) in [6.45, 7) is 3.85. The molecule has 3 aromatic carbocycles. The fourth-order valence-electron chi connectivity index (χ4n) is 5.33. The van der Waals surface area contributed by atoms with E-state index in [1.54, 1.807) is 6.92 Å². The van der Waals surface area contributed by atoms with Crippen molar-refractivity contribution in [3.8, 4) is 0 Å². The number of ketones is 2. The summed E-state index contributed by atoms with van der Waals surface area (Å²) in [5.74, 6) is 0.550. The molecule has 6 rings (SSSR count). The molecule has 3 aliphatic carbocycles. The average Bonchev–Trinajstić information content (AvgIpc) is 3.16. The van der Waals surface area contributed by atoms with E-state index in [0.717, 1.165) is 10.9 Å². The van der Waals surface area contributed by atoms with Crippen molar-refractivity contribution >= 4 is 33.1 Å². The van der Waals surface area contributed by atoms with Gasteiger partial charge < -0.3 is 0 Å². The maximum Gasteiger partial charge on any atom is 0.155 e. The van der Waals surface area contributed by atoms with Crippen LogP contribution in [-0.4, -0.2) is 11.6 Å². The largest absolute Gasteiger partial charge is 0.299 e. The minimum Gasteiger partial charge on any atom is -0.299 e. The second kappa shape index (κ2) is 5.29. The highest BCUT2D eigenvalue weighted by Gasteiger charge is 2.40. The Balaban J connectivity index is 1.60. The van der Waals surface area contributed by atoms with Crippen LogP contribution in [0.1, 0.15) is 59.8 Å². The van der Waals surface area contributed by atoms with Crippen molar-refractivity contribution in [3.63, 3.8) is 0 Å². The summed E-state index contributed by atoms with van der Waals surface area (Å²) in [6, 6.07) is 13.3. The number of rotatable bonds is 1. The van der Waals surface area contributed by atoms with Crippen molar-refractivity contribution < 1.29 is 9.59 Å². The quantitative estimate of drug-likeness (QED) is 0.412. The standard InChI is InChI=1S/C26H20O2/c1-13-3-4-19(14(2)27)23-10-16-8-18-12-25-21-6-5-20(26(21)28)24(25)11-17(18)7-15(16)9-22(13)23/h3-13,19-21H,1-2H3/t13?,19-,20?,21+/m0/s1. The summed E-state index contributed by atoms with van der Waals surface area (Å²) in [5, 5.41) is 4.70. The van der Waals surface area contributed by atoms with Crippen LogP contribution in [0.15, 0.2) is 60.7 Å². The van der Waals surface area contributed by atoms with Gasteiger partial charge in [-0.1, -0.05) is 37.3 Å². The van der Waals surface area contributed by atoms with Crippen molar-refractivity contribution in [1.29, 1.82) is 0 Å². The van der Waals surface area contributed by atoms with Gasteiger partial charge in [0.2, 0.25) is 0 Å². The van der Waals surface area contributed by atoms with E-state index < -0.39 is 0 Å². The molecule has 2 bridgehead atoms. The van der Waals surface area contributed by atoms with Crippen molar-refractivity contribution in [2.75, 3.05) is 0 Å². The van der Waals surface area contributed by atoms with E-state index in [1.165, 1.54) is 32.8 Å². The molecule has 2 heteroatoms. The molecule has 28 heavy (non-hydrogen) atoms. The van der Waals surface area contributed by atoms with Crippen LogP contribution >= 0.6 is 0 Å². The van der Waals surface area contributed by atoms with Gasteiger partial charge in [0.25, 0.3) is 0 Å². The summed E-state index contributed by atoms with van der Waals surface area (Å²) >= 11 is 0. The van der Waals surface area contributed by atoms with E-state index in [9.17, 15) is 9.59 Å². The van der Waals surface area contributed by atoms with Crippen molar-refractivity contribution in [1.82, 2.24) is 0 Å². The molecular weight excluding hydrogens is 344 g/mol. The third kappa shape index (κ3) is 1.98. The van der Waals surface area contributed by atoms with Gasteiger partial charge in [-0.3, -0.25) is 9.59 Å². The smallest absolute Gasteiger partial charge is 0.155 e. The molecule has 0 aromatic heterocycles. The molecule has 0 amide bonds. The minimum absolute atomic E-state index is 0.0508. The Labute approximate surface area is 163 Å². The first-order valence-electron chi connectivity index (χ1n) is 9.97. The van der Waals surface area contributed by atoms with Crippen LogP contribution < -0.4 is 0 Å². The second-order valence-electron chi connectivity index (χ2n) is 8.51. The van der Waals surface area contributed by atoms with Crippen molar-refractivity contribution in [3.05, 3.63) is 83.0 Å². The zero-order valence-electron chi connectivity index (χ0n) is 15.9. The van der Waals surface area contributed by atoms with Crippen LogP contribution in [-0.2, 0) is 9.59 Å². The first-order chi connectivity index (χ1) is 13.5. The number of carbonyl (C=O) groups is 2. The first kappa shape index (κ1) is 16.0. The predicted octanol–water partition coefficient (Wildman–Crippen LogP) is 5.66. The topological polar surface area (TPSA) is 34.1 Å². The van der Waals surface area contributed by atoms with Crippen LogP contribution in [0.2, 0.25) is 0 Å². The maximum atomic E-state index is 12.4. The van der Waals surface area contributed by atoms with Crippen LogP contribution in [0, 0.1) is 0 Å². The van der Waals surface area contributed by atoms with E-state index in [-0.39, 0.29) is 23.5 Å². The SMILES string of the molecule is CC(=O)[C@@H]1C=CC(C)c2cc3cc4cc5c(cc4cc3cc21)[C@H]1C=CC5C1=O. The predicted molar refractivity (Wildman–Crippen MR) is 112 cm³/mol. The summed E-state index contributed by atoms with van der Waals surface area (Å²) in [4.78, 5) is 24.6. The molecule has 0 fully saturated rings. The van der Waals surface area contributed by atoms with Crippen LogP contribution in [0.4, 0.5) is 0 Å². The molecule has 0 radical (unpaired) electrons. The third-order valence-electron chi connectivity index (χ3n) is 6.83. The summed E-state index contributed by atoms with van der Waals surface area (Å²) in [5.41, 5.74) is 4.72. The van der Waals surface area contributed by atoms with Crippen molar-refractivity contribution in [2.45, 2.75) is 37.5 Å². The Morgan fingerprint density at radius 1 is 0.679 bits per heavy atom. The molecule has 3 aromatic rings. The van der Waals surface area contributed by atoms with Gasteiger partial charge in [0.1, 0.15) is 5.78 Å². The molecule has 136 valence electrons. The molecule has 0 saturated heterocycles. The van der Waals surface area contributed by atoms with E-state index in [1.807, 2.05) is 12.2 Å². The Hall–Kier alpha value is -3.00. The van der Waals surface area contributed by atoms with Gasteiger partial charge in [-0.15, -0.1) is 0 Å². The van der Waals surface area contributed by atoms with E-state index in [4.69, 9.17) is 0 Å². The van der Waals surface area contributed by atoms with E-state index >= 15 is 0 Å². The fraction of sp³-hybridized carbons (Fsp3) is 0.231. The number of allylic oxidation sites excluding steroid dienone is 4. The van der Waals surface area contributed by atoms with Gasteiger partial charge in [-0.05, 0) is 87.0 Å². The van der Waals surface area contributed by atoms with Gasteiger partial charge in [-0.2, -0.15) is 0 Å². The molecule has 0 spiro atoms. The molecule has 3 aliphatic rings. The fourth-order valence-corrected chi connectivity index (χ4v) is 5.33. The molecule has 4 atom stereocenters. The molecule has 2 nitrogen and oxygen atoms in total. The molecule has 2 unspecified atom stereocenters. The monoisotopic (exact) mass is 364 g/mol. The molecule has 0 aliphatic heterocycles. The van der Waals surface area contributed by atoms with E-state index in [2.05, 4.69) is 55.5 Å². The normalized spacial score (nSPS) is 26.9. The first-order valence-corrected chi connectivity index (χ1v) is 9.97. The zero-order chi connectivity index (χ0) is 19.2. The number of fused-ring (bicyclic) bond motifs is 8. The highest BCUT2D eigenvalue weighted by Crippen LogP contribution is 2.47. The summed E-state index contributed by atoms with van der Waals surface area (Å²) in [7, 11) is 0. The van der Waals surface area contributed by atoms with Gasteiger partial charge >= 0.3 is 0 Å². The lowest BCUT2D eigenvalue weighted by Crippen LogP contribution is -2.14. The Morgan fingerprint density at radius 3 is 1.71 bits per heavy atom. The Morgan fingerprint density at radius 2 is 1.18 bits per heavy atom. The highest BCUT2D eigenvalue weighted by molar-refractivity contribution is 6.06. The third-order valence-corrected chi connectivity index (χ3v) is 6.83. The summed E-state index contributed by atoms with van der Waals surface area (Å²) < 4.78 is 0. The number of Topliss-reactive ketones (excluding diaryl/α,β-unsaturated/α-hetero) is 2. The van der Waals surface area contributed by atoms with Gasteiger partial charge in [-0.25, -0.2) is 0 Å². The number of hydrogen-bond donors (Lipinski definition) is 0. The molecule has 0 N–H and O–H groups in total. The lowest BCUT2D eigenvalue weighted by molar-refractivity contribution is -0.118. The number of benzene rings is 3. The van der Waals surface area contributed by atoms with Crippen LogP contribution in [0.5, 0.6) is 0 Å². The highest BCUT2D eigenvalue weighted by atomic mass is 16.1. The van der Waals surface area contributed by atoms with E-state index in [0.29, 0.717) is 11.7 Å². The maximum absolute atomic E-state index is 12.4. The molecular formula is C26H20O2. The van der Waals surface area contributed by atoms with Crippen LogP contribution in [0.3, 0.4) is 0 Å². The Bertz CT molecular complexity index is 1290. The second-order valence-corrected chi connectivity index (χ2v) is 8.51. The molecule has 0 heterocycles. The average molecular weight is 364 g/mol. The van der Waals surface area contributed by atoms with Crippen molar-refractivity contribution in [2.24, 2.45) is 0 Å². The van der Waals surface area contributed by atoms with Gasteiger partial charge in [0.05, 0.1) is 17.8 Å². The minimum atomic E-state index is -0.148.